The molecule has 0 unspecified atom stereocenters. The van der Waals surface area contributed by atoms with E-state index in [1.54, 1.807) is 0 Å². The largest absolute Gasteiger partial charge is 0.460 e. The molecule has 0 fully saturated rings. The molecule has 38 heavy (non-hydrogen) atoms. The topological polar surface area (TPSA) is 187 Å². The number of carbonyl (C=O) groups excluding carboxylic acids is 6. The molecule has 4 N–H and O–H groups in total. The van der Waals surface area contributed by atoms with Crippen molar-refractivity contribution in [1.82, 2.24) is 21.3 Å². The Hall–Kier alpha value is -4.62. The molecule has 0 saturated heterocycles. The highest BCUT2D eigenvalue weighted by atomic mass is 16.6. The average molecular weight is 539 g/mol. The van der Waals surface area contributed by atoms with Crippen LogP contribution in [0.25, 0.3) is 0 Å². The van der Waals surface area contributed by atoms with Crippen LogP contribution in [-0.4, -0.2) is 86.5 Å². The maximum absolute atomic E-state index is 12.3. The summed E-state index contributed by atoms with van der Waals surface area (Å²) in [5, 5.41) is 10.0. The molecule has 14 nitrogen and oxygen atoms in total. The molecule has 0 radical (unpaired) electrons. The standard InChI is InChI=1S/C24H34N4O10/c1-7-17(29)35-13-23(5,14-36-18(30)8-2)27-21(33)25-11-12-26-22(34)28-24(6,15-37-19(31)9-3)16-38-20(32)10-4/h7-10H,1-4,11-16H2,5-6H3,(H2,25,27,33)(H2,26,28,34). The van der Waals surface area contributed by atoms with Crippen LogP contribution in [0.3, 0.4) is 0 Å². The molecule has 14 heteroatoms. The lowest BCUT2D eigenvalue weighted by Gasteiger charge is -2.30. The number of hydrogen-bond donors (Lipinski definition) is 4. The number of rotatable bonds is 17. The summed E-state index contributed by atoms with van der Waals surface area (Å²) >= 11 is 0. The van der Waals surface area contributed by atoms with E-state index in [0.29, 0.717) is 0 Å². The Morgan fingerprint density at radius 3 is 1.00 bits per heavy atom. The average Bonchev–Trinajstić information content (AvgIpc) is 2.90. The Morgan fingerprint density at radius 1 is 0.553 bits per heavy atom. The van der Waals surface area contributed by atoms with E-state index < -0.39 is 47.0 Å². The fraction of sp³-hybridized carbons (Fsp3) is 0.417. The summed E-state index contributed by atoms with van der Waals surface area (Å²) < 4.78 is 19.8. The zero-order valence-corrected chi connectivity index (χ0v) is 21.5. The predicted molar refractivity (Wildman–Crippen MR) is 135 cm³/mol. The maximum atomic E-state index is 12.3. The van der Waals surface area contributed by atoms with Crippen LogP contribution in [0.4, 0.5) is 9.59 Å². The van der Waals surface area contributed by atoms with Gasteiger partial charge in [-0.3, -0.25) is 0 Å². The van der Waals surface area contributed by atoms with Crippen LogP contribution in [0.5, 0.6) is 0 Å². The van der Waals surface area contributed by atoms with Gasteiger partial charge in [0.25, 0.3) is 0 Å². The summed E-state index contributed by atoms with van der Waals surface area (Å²) in [6.45, 7) is 14.6. The smallest absolute Gasteiger partial charge is 0.330 e. The molecule has 0 bridgehead atoms. The summed E-state index contributed by atoms with van der Waals surface area (Å²) in [5.41, 5.74) is -2.58. The van der Waals surface area contributed by atoms with E-state index in [9.17, 15) is 28.8 Å². The molecule has 0 heterocycles. The first-order valence-electron chi connectivity index (χ1n) is 11.1. The van der Waals surface area contributed by atoms with Crippen molar-refractivity contribution in [2.75, 3.05) is 39.5 Å². The number of carbonyl (C=O) groups is 6. The van der Waals surface area contributed by atoms with Gasteiger partial charge in [-0.2, -0.15) is 0 Å². The Labute approximate surface area is 220 Å². The van der Waals surface area contributed by atoms with Gasteiger partial charge in [0.2, 0.25) is 0 Å². The summed E-state index contributed by atoms with van der Waals surface area (Å²) in [6.07, 6.45) is 3.74. The van der Waals surface area contributed by atoms with E-state index in [-0.39, 0.29) is 39.5 Å². The lowest BCUT2D eigenvalue weighted by Crippen LogP contribution is -2.58. The second-order valence-electron chi connectivity index (χ2n) is 8.13. The van der Waals surface area contributed by atoms with E-state index in [0.717, 1.165) is 24.3 Å². The Balaban J connectivity index is 4.87. The number of nitrogens with one attached hydrogen (secondary N) is 4. The van der Waals surface area contributed by atoms with Crippen LogP contribution in [-0.2, 0) is 38.1 Å². The van der Waals surface area contributed by atoms with Gasteiger partial charge in [0.05, 0.1) is 0 Å². The van der Waals surface area contributed by atoms with Crippen molar-refractivity contribution in [2.24, 2.45) is 0 Å². The summed E-state index contributed by atoms with van der Waals surface area (Å²) in [5.74, 6) is -2.97. The van der Waals surface area contributed by atoms with Gasteiger partial charge in [0, 0.05) is 37.4 Å². The first-order valence-corrected chi connectivity index (χ1v) is 11.1. The van der Waals surface area contributed by atoms with E-state index >= 15 is 0 Å². The highest BCUT2D eigenvalue weighted by Crippen LogP contribution is 2.08. The fourth-order valence-electron chi connectivity index (χ4n) is 2.37. The van der Waals surface area contributed by atoms with Crippen LogP contribution < -0.4 is 21.3 Å². The van der Waals surface area contributed by atoms with E-state index in [1.165, 1.54) is 13.8 Å². The van der Waals surface area contributed by atoms with Crippen molar-refractivity contribution in [3.63, 3.8) is 0 Å². The van der Waals surface area contributed by atoms with Gasteiger partial charge in [0.15, 0.2) is 0 Å². The van der Waals surface area contributed by atoms with Crippen molar-refractivity contribution < 1.29 is 47.7 Å². The molecule has 0 spiro atoms. The van der Waals surface area contributed by atoms with Crippen LogP contribution in [0, 0.1) is 0 Å². The van der Waals surface area contributed by atoms with Gasteiger partial charge >= 0.3 is 35.9 Å². The highest BCUT2D eigenvalue weighted by Gasteiger charge is 2.31. The van der Waals surface area contributed by atoms with E-state index in [1.807, 2.05) is 0 Å². The van der Waals surface area contributed by atoms with E-state index in [4.69, 9.17) is 18.9 Å². The van der Waals surface area contributed by atoms with Gasteiger partial charge in [-0.25, -0.2) is 28.8 Å². The lowest BCUT2D eigenvalue weighted by molar-refractivity contribution is -0.145. The second kappa shape index (κ2) is 16.9. The van der Waals surface area contributed by atoms with Gasteiger partial charge in [-0.05, 0) is 13.8 Å². The van der Waals surface area contributed by atoms with Gasteiger partial charge < -0.3 is 40.2 Å². The van der Waals surface area contributed by atoms with Gasteiger partial charge in [-0.15, -0.1) is 0 Å². The minimum Gasteiger partial charge on any atom is -0.460 e. The third-order valence-electron chi connectivity index (χ3n) is 4.33. The van der Waals surface area contributed by atoms with Gasteiger partial charge in [-0.1, -0.05) is 26.3 Å². The van der Waals surface area contributed by atoms with Crippen molar-refractivity contribution in [1.29, 1.82) is 0 Å². The molecule has 0 atom stereocenters. The zero-order chi connectivity index (χ0) is 29.2. The molecular weight excluding hydrogens is 504 g/mol. The Kier molecular flexibility index (Phi) is 14.9. The molecule has 0 aliphatic carbocycles. The van der Waals surface area contributed by atoms with Crippen LogP contribution in [0.1, 0.15) is 13.8 Å². The minimum absolute atomic E-state index is 0.0398. The molecule has 0 aromatic rings. The van der Waals surface area contributed by atoms with Crippen LogP contribution >= 0.6 is 0 Å². The predicted octanol–water partition coefficient (Wildman–Crippen LogP) is 0.0190. The number of amides is 4. The summed E-state index contributed by atoms with van der Waals surface area (Å²) in [4.78, 5) is 70.2. The molecule has 0 rings (SSSR count). The number of esters is 4. The molecule has 4 amide bonds. The SMILES string of the molecule is C=CC(=O)OCC(C)(COC(=O)C=C)NC(=O)NCCNC(=O)NC(C)(COC(=O)C=C)COC(=O)C=C. The normalized spacial score (nSPS) is 10.5. The van der Waals surface area contributed by atoms with Crippen molar-refractivity contribution >= 4 is 35.9 Å². The highest BCUT2D eigenvalue weighted by molar-refractivity contribution is 5.83. The molecule has 0 saturated carbocycles. The zero-order valence-electron chi connectivity index (χ0n) is 21.5. The first-order chi connectivity index (χ1) is 17.8. The lowest BCUT2D eigenvalue weighted by atomic mass is 10.1. The second-order valence-corrected chi connectivity index (χ2v) is 8.13. The molecule has 0 aliphatic rings. The number of urea groups is 2. The quantitative estimate of drug-likeness (QED) is 0.0851. The Morgan fingerprint density at radius 2 is 0.789 bits per heavy atom. The maximum Gasteiger partial charge on any atom is 0.330 e. The summed E-state index contributed by atoms with van der Waals surface area (Å²) in [6, 6.07) is -1.42. The van der Waals surface area contributed by atoms with E-state index in [2.05, 4.69) is 47.6 Å². The molecule has 0 aromatic heterocycles. The minimum atomic E-state index is -1.29. The molecule has 210 valence electrons. The van der Waals surface area contributed by atoms with Crippen LogP contribution in [0.15, 0.2) is 50.6 Å². The van der Waals surface area contributed by atoms with Crippen molar-refractivity contribution in [3.8, 4) is 0 Å². The Bertz CT molecular complexity index is 809. The monoisotopic (exact) mass is 538 g/mol. The third-order valence-corrected chi connectivity index (χ3v) is 4.33. The summed E-state index contributed by atoms with van der Waals surface area (Å²) in [7, 11) is 0. The number of hydrogen-bond acceptors (Lipinski definition) is 10. The first kappa shape index (κ1) is 33.4. The van der Waals surface area contributed by atoms with Crippen LogP contribution in [0.2, 0.25) is 0 Å². The molecule has 0 aliphatic heterocycles. The van der Waals surface area contributed by atoms with Gasteiger partial charge in [0.1, 0.15) is 37.5 Å². The third kappa shape index (κ3) is 14.7. The fourth-order valence-corrected chi connectivity index (χ4v) is 2.37. The van der Waals surface area contributed by atoms with Crippen molar-refractivity contribution in [3.05, 3.63) is 50.6 Å². The number of ether oxygens (including phenoxy) is 4. The molecular formula is C24H34N4O10. The van der Waals surface area contributed by atoms with Crippen molar-refractivity contribution in [2.45, 2.75) is 24.9 Å². The molecule has 0 aromatic carbocycles.